The number of amides is 1. The Morgan fingerprint density at radius 3 is 2.53 bits per heavy atom. The van der Waals surface area contributed by atoms with E-state index < -0.39 is 6.61 Å². The molecule has 1 rings (SSSR count). The molecule has 0 spiro atoms. The number of ether oxygens (including phenoxy) is 1. The molecule has 1 aromatic carbocycles. The van der Waals surface area contributed by atoms with Crippen molar-refractivity contribution in [3.63, 3.8) is 0 Å². The van der Waals surface area contributed by atoms with Gasteiger partial charge in [-0.25, -0.2) is 0 Å². The fraction of sp³-hybridized carbons (Fsp3) is 0.364. The van der Waals surface area contributed by atoms with E-state index in [0.717, 1.165) is 0 Å². The standard InChI is InChI=1S/C11H12ClF2NO2/c12-7-1-2-10(16)15-8-3-5-9(6-4-8)17-11(13)14/h3-6,11H,1-2,7H2,(H,15,16). The van der Waals surface area contributed by atoms with Gasteiger partial charge in [-0.15, -0.1) is 11.6 Å². The minimum Gasteiger partial charge on any atom is -0.435 e. The van der Waals surface area contributed by atoms with Gasteiger partial charge >= 0.3 is 6.61 Å². The van der Waals surface area contributed by atoms with Gasteiger partial charge in [0.25, 0.3) is 0 Å². The van der Waals surface area contributed by atoms with Crippen molar-refractivity contribution in [1.29, 1.82) is 0 Å². The van der Waals surface area contributed by atoms with Gasteiger partial charge in [-0.3, -0.25) is 4.79 Å². The number of nitrogens with one attached hydrogen (secondary N) is 1. The molecule has 0 aromatic heterocycles. The van der Waals surface area contributed by atoms with Crippen LogP contribution in [0.1, 0.15) is 12.8 Å². The average molecular weight is 264 g/mol. The molecule has 17 heavy (non-hydrogen) atoms. The second-order valence-electron chi connectivity index (χ2n) is 3.24. The van der Waals surface area contributed by atoms with Crippen LogP contribution in [0.3, 0.4) is 0 Å². The summed E-state index contributed by atoms with van der Waals surface area (Å²) in [6.07, 6.45) is 0.929. The molecule has 94 valence electrons. The van der Waals surface area contributed by atoms with Crippen LogP contribution in [-0.4, -0.2) is 18.4 Å². The van der Waals surface area contributed by atoms with E-state index in [9.17, 15) is 13.6 Å². The van der Waals surface area contributed by atoms with Gasteiger partial charge in [0.1, 0.15) is 5.75 Å². The van der Waals surface area contributed by atoms with Crippen LogP contribution < -0.4 is 10.1 Å². The summed E-state index contributed by atoms with van der Waals surface area (Å²) in [6, 6.07) is 5.72. The van der Waals surface area contributed by atoms with Crippen molar-refractivity contribution in [3.8, 4) is 5.75 Å². The van der Waals surface area contributed by atoms with Crippen LogP contribution in [0.5, 0.6) is 5.75 Å². The highest BCUT2D eigenvalue weighted by Crippen LogP contribution is 2.17. The summed E-state index contributed by atoms with van der Waals surface area (Å²) in [7, 11) is 0. The summed E-state index contributed by atoms with van der Waals surface area (Å²) in [5.74, 6) is 0.320. The van der Waals surface area contributed by atoms with Gasteiger partial charge in [0, 0.05) is 18.0 Å². The molecular weight excluding hydrogens is 252 g/mol. The van der Waals surface area contributed by atoms with Crippen LogP contribution in [0.25, 0.3) is 0 Å². The van der Waals surface area contributed by atoms with Crippen LogP contribution in [0.15, 0.2) is 24.3 Å². The normalized spacial score (nSPS) is 10.4. The predicted molar refractivity (Wildman–Crippen MR) is 61.7 cm³/mol. The van der Waals surface area contributed by atoms with E-state index in [-0.39, 0.29) is 11.7 Å². The first-order valence-corrected chi connectivity index (χ1v) is 5.56. The Kier molecular flexibility index (Phi) is 5.69. The number of hydrogen-bond donors (Lipinski definition) is 1. The van der Waals surface area contributed by atoms with Crippen LogP contribution in [0.2, 0.25) is 0 Å². The molecule has 0 atom stereocenters. The third-order valence-electron chi connectivity index (χ3n) is 1.90. The van der Waals surface area contributed by atoms with Crippen molar-refractivity contribution in [2.75, 3.05) is 11.2 Å². The Labute approximate surface area is 103 Å². The number of hydrogen-bond acceptors (Lipinski definition) is 2. The van der Waals surface area contributed by atoms with Crippen LogP contribution in [-0.2, 0) is 4.79 Å². The fourth-order valence-corrected chi connectivity index (χ4v) is 1.30. The summed E-state index contributed by atoms with van der Waals surface area (Å²) in [4.78, 5) is 11.3. The summed E-state index contributed by atoms with van der Waals surface area (Å²) >= 11 is 5.45. The zero-order chi connectivity index (χ0) is 12.7. The molecule has 0 aliphatic carbocycles. The molecule has 0 aliphatic rings. The van der Waals surface area contributed by atoms with E-state index in [2.05, 4.69) is 10.1 Å². The maximum Gasteiger partial charge on any atom is 0.387 e. The first-order chi connectivity index (χ1) is 8.11. The van der Waals surface area contributed by atoms with Crippen LogP contribution in [0, 0.1) is 0 Å². The lowest BCUT2D eigenvalue weighted by Gasteiger charge is -2.07. The summed E-state index contributed by atoms with van der Waals surface area (Å²) in [6.45, 7) is -2.85. The third-order valence-corrected chi connectivity index (χ3v) is 2.17. The highest BCUT2D eigenvalue weighted by Gasteiger charge is 2.05. The molecule has 0 aliphatic heterocycles. The van der Waals surface area contributed by atoms with Gasteiger partial charge in [0.2, 0.25) is 5.91 Å². The summed E-state index contributed by atoms with van der Waals surface area (Å²) in [5.41, 5.74) is 0.534. The van der Waals surface area contributed by atoms with Gasteiger partial charge in [-0.1, -0.05) is 0 Å². The van der Waals surface area contributed by atoms with E-state index >= 15 is 0 Å². The van der Waals surface area contributed by atoms with Crippen molar-refractivity contribution in [3.05, 3.63) is 24.3 Å². The Balaban J connectivity index is 2.47. The zero-order valence-corrected chi connectivity index (χ0v) is 9.71. The molecule has 6 heteroatoms. The molecule has 0 unspecified atom stereocenters. The molecule has 0 saturated carbocycles. The second kappa shape index (κ2) is 7.06. The Morgan fingerprint density at radius 2 is 2.00 bits per heavy atom. The lowest BCUT2D eigenvalue weighted by molar-refractivity contribution is -0.116. The van der Waals surface area contributed by atoms with E-state index in [1.54, 1.807) is 0 Å². The van der Waals surface area contributed by atoms with Gasteiger partial charge in [0.15, 0.2) is 0 Å². The molecular formula is C11H12ClF2NO2. The van der Waals surface area contributed by atoms with Crippen LogP contribution >= 0.6 is 11.6 Å². The largest absolute Gasteiger partial charge is 0.435 e. The summed E-state index contributed by atoms with van der Waals surface area (Å²) in [5, 5.41) is 2.62. The summed E-state index contributed by atoms with van der Waals surface area (Å²) < 4.78 is 27.9. The average Bonchev–Trinajstić information content (AvgIpc) is 2.28. The highest BCUT2D eigenvalue weighted by atomic mass is 35.5. The van der Waals surface area contributed by atoms with E-state index in [1.807, 2.05) is 0 Å². The monoisotopic (exact) mass is 263 g/mol. The molecule has 3 nitrogen and oxygen atoms in total. The molecule has 0 radical (unpaired) electrons. The van der Waals surface area contributed by atoms with Crippen molar-refractivity contribution < 1.29 is 18.3 Å². The topological polar surface area (TPSA) is 38.3 Å². The third kappa shape index (κ3) is 5.49. The zero-order valence-electron chi connectivity index (χ0n) is 8.96. The lowest BCUT2D eigenvalue weighted by atomic mass is 10.2. The van der Waals surface area contributed by atoms with Gasteiger partial charge in [-0.05, 0) is 30.7 Å². The van der Waals surface area contributed by atoms with Crippen molar-refractivity contribution in [1.82, 2.24) is 0 Å². The number of benzene rings is 1. The number of anilines is 1. The molecule has 1 aromatic rings. The maximum absolute atomic E-state index is 11.9. The van der Waals surface area contributed by atoms with E-state index in [4.69, 9.17) is 11.6 Å². The Morgan fingerprint density at radius 1 is 1.35 bits per heavy atom. The number of halogens is 3. The molecule has 0 bridgehead atoms. The number of alkyl halides is 3. The highest BCUT2D eigenvalue weighted by molar-refractivity contribution is 6.18. The number of carbonyl (C=O) groups excluding carboxylic acids is 1. The first-order valence-electron chi connectivity index (χ1n) is 5.02. The minimum atomic E-state index is -2.85. The Bertz CT molecular complexity index is 357. The van der Waals surface area contributed by atoms with Gasteiger partial charge < -0.3 is 10.1 Å². The quantitative estimate of drug-likeness (QED) is 0.800. The van der Waals surface area contributed by atoms with Crippen molar-refractivity contribution in [2.24, 2.45) is 0 Å². The molecule has 0 heterocycles. The first kappa shape index (κ1) is 13.7. The van der Waals surface area contributed by atoms with E-state index in [0.29, 0.717) is 24.4 Å². The lowest BCUT2D eigenvalue weighted by Crippen LogP contribution is -2.11. The smallest absolute Gasteiger partial charge is 0.387 e. The molecule has 0 saturated heterocycles. The van der Waals surface area contributed by atoms with Gasteiger partial charge in [0.05, 0.1) is 0 Å². The second-order valence-corrected chi connectivity index (χ2v) is 3.62. The van der Waals surface area contributed by atoms with Crippen molar-refractivity contribution >= 4 is 23.2 Å². The number of rotatable bonds is 6. The maximum atomic E-state index is 11.9. The minimum absolute atomic E-state index is 0.0544. The van der Waals surface area contributed by atoms with Crippen LogP contribution in [0.4, 0.5) is 14.5 Å². The molecule has 0 fully saturated rings. The number of carbonyl (C=O) groups is 1. The fourth-order valence-electron chi connectivity index (χ4n) is 1.17. The van der Waals surface area contributed by atoms with Crippen molar-refractivity contribution in [2.45, 2.75) is 19.5 Å². The molecule has 1 amide bonds. The van der Waals surface area contributed by atoms with E-state index in [1.165, 1.54) is 24.3 Å². The Hall–Kier alpha value is -1.36. The molecule has 1 N–H and O–H groups in total. The SMILES string of the molecule is O=C(CCCCl)Nc1ccc(OC(F)F)cc1. The van der Waals surface area contributed by atoms with Gasteiger partial charge in [-0.2, -0.15) is 8.78 Å². The predicted octanol–water partition coefficient (Wildman–Crippen LogP) is 3.25.